The Morgan fingerprint density at radius 1 is 1.17 bits per heavy atom. The molecule has 0 aliphatic rings. The zero-order valence-corrected chi connectivity index (χ0v) is 15.0. The highest BCUT2D eigenvalue weighted by molar-refractivity contribution is 7.99. The van der Waals surface area contributed by atoms with E-state index in [1.165, 1.54) is 11.8 Å². The predicted octanol–water partition coefficient (Wildman–Crippen LogP) is 5.26. The van der Waals surface area contributed by atoms with Crippen molar-refractivity contribution in [1.29, 1.82) is 0 Å². The second kappa shape index (κ2) is 9.06. The molecule has 0 heterocycles. The molecule has 0 unspecified atom stereocenters. The molecule has 3 nitrogen and oxygen atoms in total. The zero-order valence-electron chi connectivity index (χ0n) is 12.6. The van der Waals surface area contributed by atoms with E-state index in [-0.39, 0.29) is 5.91 Å². The topological polar surface area (TPSA) is 38.3 Å². The second-order valence-corrected chi connectivity index (χ2v) is 6.45. The van der Waals surface area contributed by atoms with E-state index >= 15 is 0 Å². The fourth-order valence-corrected chi connectivity index (χ4v) is 3.13. The first kappa shape index (κ1) is 18.0. The monoisotopic (exact) mass is 369 g/mol. The highest BCUT2D eigenvalue weighted by Gasteiger charge is 2.09. The van der Waals surface area contributed by atoms with E-state index in [9.17, 15) is 4.79 Å². The van der Waals surface area contributed by atoms with Gasteiger partial charge in [-0.15, -0.1) is 11.8 Å². The fourth-order valence-electron chi connectivity index (χ4n) is 1.96. The van der Waals surface area contributed by atoms with Crippen LogP contribution in [0.3, 0.4) is 0 Å². The van der Waals surface area contributed by atoms with Gasteiger partial charge < -0.3 is 10.1 Å². The van der Waals surface area contributed by atoms with Crippen LogP contribution >= 0.6 is 35.0 Å². The van der Waals surface area contributed by atoms with E-state index < -0.39 is 0 Å². The van der Waals surface area contributed by atoms with Crippen LogP contribution in [0, 0.1) is 0 Å². The highest BCUT2D eigenvalue weighted by atomic mass is 35.5. The second-order valence-electron chi connectivity index (χ2n) is 4.68. The van der Waals surface area contributed by atoms with Crippen molar-refractivity contribution in [3.05, 3.63) is 58.1 Å². The first-order valence-electron chi connectivity index (χ1n) is 7.14. The van der Waals surface area contributed by atoms with Crippen molar-refractivity contribution in [2.45, 2.75) is 12.7 Å². The number of halogens is 2. The smallest absolute Gasteiger partial charge is 0.234 e. The van der Waals surface area contributed by atoms with E-state index in [4.69, 9.17) is 27.9 Å². The van der Waals surface area contributed by atoms with E-state index in [1.807, 2.05) is 31.2 Å². The lowest BCUT2D eigenvalue weighted by atomic mass is 10.2. The average Bonchev–Trinajstić information content (AvgIpc) is 2.54. The number of thioether (sulfide) groups is 1. The Balaban J connectivity index is 1.87. The van der Waals surface area contributed by atoms with Crippen LogP contribution in [0.25, 0.3) is 0 Å². The Labute approximate surface area is 150 Å². The largest absolute Gasteiger partial charge is 0.494 e. The summed E-state index contributed by atoms with van der Waals surface area (Å²) in [7, 11) is 0. The van der Waals surface area contributed by atoms with E-state index in [1.54, 1.807) is 18.2 Å². The fraction of sp³-hybridized carbons (Fsp3) is 0.235. The number of rotatable bonds is 7. The van der Waals surface area contributed by atoms with Gasteiger partial charge in [0.05, 0.1) is 28.1 Å². The SMILES string of the molecule is CCOc1ccccc1CSCC(=O)Nc1cccc(Cl)c1Cl. The number of hydrogen-bond donors (Lipinski definition) is 1. The summed E-state index contributed by atoms with van der Waals surface area (Å²) in [6.45, 7) is 2.57. The van der Waals surface area contributed by atoms with Crippen LogP contribution < -0.4 is 10.1 Å². The van der Waals surface area contributed by atoms with Gasteiger partial charge in [-0.3, -0.25) is 4.79 Å². The third kappa shape index (κ3) is 5.34. The molecule has 0 atom stereocenters. The first-order valence-corrected chi connectivity index (χ1v) is 9.05. The van der Waals surface area contributed by atoms with Gasteiger partial charge in [0.2, 0.25) is 5.91 Å². The summed E-state index contributed by atoms with van der Waals surface area (Å²) in [5, 5.41) is 3.54. The number of amides is 1. The van der Waals surface area contributed by atoms with E-state index in [2.05, 4.69) is 5.32 Å². The third-order valence-electron chi connectivity index (χ3n) is 2.99. The van der Waals surface area contributed by atoms with Crippen molar-refractivity contribution in [2.24, 2.45) is 0 Å². The van der Waals surface area contributed by atoms with Gasteiger partial charge in [-0.25, -0.2) is 0 Å². The highest BCUT2D eigenvalue weighted by Crippen LogP contribution is 2.29. The van der Waals surface area contributed by atoms with Crippen molar-refractivity contribution in [2.75, 3.05) is 17.7 Å². The summed E-state index contributed by atoms with van der Waals surface area (Å²) < 4.78 is 5.57. The Bertz CT molecular complexity index is 679. The molecule has 6 heteroatoms. The average molecular weight is 370 g/mol. The summed E-state index contributed by atoms with van der Waals surface area (Å²) in [4.78, 5) is 12.0. The molecule has 0 saturated heterocycles. The Morgan fingerprint density at radius 3 is 2.74 bits per heavy atom. The van der Waals surface area contributed by atoms with Crippen molar-refractivity contribution in [3.63, 3.8) is 0 Å². The van der Waals surface area contributed by atoms with Crippen LogP contribution in [0.1, 0.15) is 12.5 Å². The molecular weight excluding hydrogens is 353 g/mol. The molecule has 1 amide bonds. The molecule has 23 heavy (non-hydrogen) atoms. The normalized spacial score (nSPS) is 10.4. The molecule has 0 radical (unpaired) electrons. The number of carbonyl (C=O) groups is 1. The van der Waals surface area contributed by atoms with Crippen LogP contribution in [0.5, 0.6) is 5.75 Å². The number of nitrogens with one attached hydrogen (secondary N) is 1. The van der Waals surface area contributed by atoms with Crippen LogP contribution in [0.2, 0.25) is 10.0 Å². The number of hydrogen-bond acceptors (Lipinski definition) is 3. The summed E-state index contributed by atoms with van der Waals surface area (Å²) in [6, 6.07) is 13.0. The Kier molecular flexibility index (Phi) is 7.09. The molecule has 2 rings (SSSR count). The summed E-state index contributed by atoms with van der Waals surface area (Å²) in [5.41, 5.74) is 1.60. The van der Waals surface area contributed by atoms with E-state index in [0.717, 1.165) is 11.3 Å². The van der Waals surface area contributed by atoms with Crippen molar-refractivity contribution >= 4 is 46.6 Å². The standard InChI is InChI=1S/C17H17Cl2NO2S/c1-2-22-15-9-4-3-6-12(15)10-23-11-16(21)20-14-8-5-7-13(18)17(14)19/h3-9H,2,10-11H2,1H3,(H,20,21). The van der Waals surface area contributed by atoms with Crippen molar-refractivity contribution in [1.82, 2.24) is 0 Å². The minimum Gasteiger partial charge on any atom is -0.494 e. The van der Waals surface area contributed by atoms with Gasteiger partial charge in [-0.1, -0.05) is 47.5 Å². The van der Waals surface area contributed by atoms with Gasteiger partial charge in [0.1, 0.15) is 5.75 Å². The zero-order chi connectivity index (χ0) is 16.7. The molecule has 0 aliphatic heterocycles. The molecule has 1 N–H and O–H groups in total. The molecule has 0 fully saturated rings. The maximum atomic E-state index is 12.0. The van der Waals surface area contributed by atoms with Gasteiger partial charge in [0.25, 0.3) is 0 Å². The lowest BCUT2D eigenvalue weighted by Crippen LogP contribution is -2.14. The van der Waals surface area contributed by atoms with Gasteiger partial charge in [-0.2, -0.15) is 0 Å². The molecule has 0 bridgehead atoms. The summed E-state index contributed by atoms with van der Waals surface area (Å²) in [5.74, 6) is 1.77. The molecule has 2 aromatic rings. The van der Waals surface area contributed by atoms with Crippen molar-refractivity contribution < 1.29 is 9.53 Å². The van der Waals surface area contributed by atoms with Gasteiger partial charge in [0, 0.05) is 11.3 Å². The number of carbonyl (C=O) groups excluding carboxylic acids is 1. The van der Waals surface area contributed by atoms with Crippen LogP contribution in [0.15, 0.2) is 42.5 Å². The molecule has 2 aromatic carbocycles. The quantitative estimate of drug-likeness (QED) is 0.722. The van der Waals surface area contributed by atoms with Crippen LogP contribution in [-0.4, -0.2) is 18.3 Å². The van der Waals surface area contributed by atoms with Crippen molar-refractivity contribution in [3.8, 4) is 5.75 Å². The maximum absolute atomic E-state index is 12.0. The number of anilines is 1. The summed E-state index contributed by atoms with van der Waals surface area (Å²) in [6.07, 6.45) is 0. The first-order chi connectivity index (χ1) is 11.1. The Morgan fingerprint density at radius 2 is 1.96 bits per heavy atom. The molecule has 0 aromatic heterocycles. The minimum atomic E-state index is -0.118. The number of ether oxygens (including phenoxy) is 1. The Hall–Kier alpha value is -1.36. The molecule has 122 valence electrons. The van der Waals surface area contributed by atoms with Gasteiger partial charge >= 0.3 is 0 Å². The van der Waals surface area contributed by atoms with Gasteiger partial charge in [0.15, 0.2) is 0 Å². The number of benzene rings is 2. The molecule has 0 aliphatic carbocycles. The molecular formula is C17H17Cl2NO2S. The third-order valence-corrected chi connectivity index (χ3v) is 4.79. The summed E-state index contributed by atoms with van der Waals surface area (Å²) >= 11 is 13.5. The molecule has 0 spiro atoms. The maximum Gasteiger partial charge on any atom is 0.234 e. The predicted molar refractivity (Wildman–Crippen MR) is 98.9 cm³/mol. The minimum absolute atomic E-state index is 0.118. The number of para-hydroxylation sites is 1. The van der Waals surface area contributed by atoms with Crippen LogP contribution in [0.4, 0.5) is 5.69 Å². The lowest BCUT2D eigenvalue weighted by Gasteiger charge is -2.10. The van der Waals surface area contributed by atoms with Crippen LogP contribution in [-0.2, 0) is 10.5 Å². The lowest BCUT2D eigenvalue weighted by molar-refractivity contribution is -0.113. The molecule has 0 saturated carbocycles. The van der Waals surface area contributed by atoms with Gasteiger partial charge in [-0.05, 0) is 25.1 Å². The van der Waals surface area contributed by atoms with E-state index in [0.29, 0.717) is 33.8 Å².